The third kappa shape index (κ3) is 1.77. The van der Waals surface area contributed by atoms with Crippen molar-refractivity contribution in [1.82, 2.24) is 4.98 Å². The van der Waals surface area contributed by atoms with E-state index in [1.165, 1.54) is 0 Å². The first-order valence-corrected chi connectivity index (χ1v) is 6.26. The van der Waals surface area contributed by atoms with Crippen LogP contribution in [0.5, 0.6) is 5.75 Å². The minimum absolute atomic E-state index is 0.0184. The van der Waals surface area contributed by atoms with E-state index in [4.69, 9.17) is 9.84 Å². The summed E-state index contributed by atoms with van der Waals surface area (Å²) in [5, 5.41) is 19.2. The molecule has 1 aromatic carbocycles. The number of aromatic amines is 1. The lowest BCUT2D eigenvalue weighted by atomic mass is 9.96. The van der Waals surface area contributed by atoms with Crippen LogP contribution in [-0.4, -0.2) is 33.9 Å². The van der Waals surface area contributed by atoms with Crippen LogP contribution >= 0.6 is 0 Å². The topological polar surface area (TPSA) is 82.6 Å². The average Bonchev–Trinajstić information content (AvgIpc) is 2.74. The van der Waals surface area contributed by atoms with Crippen LogP contribution in [0.25, 0.3) is 10.9 Å². The Morgan fingerprint density at radius 3 is 3.00 bits per heavy atom. The van der Waals surface area contributed by atoms with Gasteiger partial charge in [-0.15, -0.1) is 0 Å². The van der Waals surface area contributed by atoms with Gasteiger partial charge in [-0.1, -0.05) is 0 Å². The summed E-state index contributed by atoms with van der Waals surface area (Å²) in [6.45, 7) is 1.74. The Labute approximate surface area is 109 Å². The summed E-state index contributed by atoms with van der Waals surface area (Å²) in [6.07, 6.45) is 1.22. The van der Waals surface area contributed by atoms with Gasteiger partial charge >= 0.3 is 5.97 Å². The molecule has 100 valence electrons. The van der Waals surface area contributed by atoms with Crippen molar-refractivity contribution in [2.45, 2.75) is 25.9 Å². The van der Waals surface area contributed by atoms with Crippen molar-refractivity contribution in [3.63, 3.8) is 0 Å². The lowest BCUT2D eigenvalue weighted by molar-refractivity contribution is 0.0698. The predicted octanol–water partition coefficient (Wildman–Crippen LogP) is 1.86. The van der Waals surface area contributed by atoms with Crippen LogP contribution in [0.4, 0.5) is 0 Å². The normalized spacial score (nSPS) is 18.1. The highest BCUT2D eigenvalue weighted by Gasteiger charge is 2.25. The lowest BCUT2D eigenvalue weighted by Gasteiger charge is -2.25. The molecule has 5 heteroatoms. The molecule has 0 radical (unpaired) electrons. The van der Waals surface area contributed by atoms with Gasteiger partial charge in [-0.3, -0.25) is 0 Å². The number of aliphatic hydroxyl groups excluding tert-OH is 1. The van der Waals surface area contributed by atoms with Gasteiger partial charge in [-0.2, -0.15) is 0 Å². The second-order valence-corrected chi connectivity index (χ2v) is 4.86. The van der Waals surface area contributed by atoms with E-state index in [1.54, 1.807) is 6.92 Å². The second kappa shape index (κ2) is 4.28. The summed E-state index contributed by atoms with van der Waals surface area (Å²) in [5.74, 6) is -0.249. The van der Waals surface area contributed by atoms with Crippen LogP contribution in [0.15, 0.2) is 12.1 Å². The molecular formula is C14H15NO4. The number of nitrogens with one attached hydrogen (secondary N) is 1. The van der Waals surface area contributed by atoms with Crippen LogP contribution in [0.2, 0.25) is 0 Å². The number of hydrogen-bond acceptors (Lipinski definition) is 3. The van der Waals surface area contributed by atoms with Gasteiger partial charge in [0.15, 0.2) is 0 Å². The summed E-state index contributed by atoms with van der Waals surface area (Å²) in [4.78, 5) is 14.5. The number of carbonyl (C=O) groups is 1. The highest BCUT2D eigenvalue weighted by molar-refractivity contribution is 6.06. The SMILES string of the molecule is Cc1[nH]c2ccc3c(c2c1C(=O)O)CCC(CO)O3. The predicted molar refractivity (Wildman–Crippen MR) is 69.8 cm³/mol. The van der Waals surface area contributed by atoms with E-state index in [2.05, 4.69) is 4.98 Å². The fourth-order valence-corrected chi connectivity index (χ4v) is 2.77. The Bertz CT molecular complexity index is 659. The number of H-pyrrole nitrogens is 1. The molecule has 0 amide bonds. The summed E-state index contributed by atoms with van der Waals surface area (Å²) >= 11 is 0. The quantitative estimate of drug-likeness (QED) is 0.770. The Balaban J connectivity index is 2.24. The molecule has 2 aromatic rings. The number of carboxylic acids is 1. The van der Waals surface area contributed by atoms with E-state index in [9.17, 15) is 9.90 Å². The second-order valence-electron chi connectivity index (χ2n) is 4.86. The molecule has 1 aliphatic heterocycles. The van der Waals surface area contributed by atoms with Crippen LogP contribution < -0.4 is 4.74 Å². The molecule has 0 fully saturated rings. The van der Waals surface area contributed by atoms with Gasteiger partial charge in [0.1, 0.15) is 11.9 Å². The van der Waals surface area contributed by atoms with Crippen molar-refractivity contribution in [3.05, 3.63) is 29.0 Å². The molecular weight excluding hydrogens is 246 g/mol. The first-order chi connectivity index (χ1) is 9.11. The molecule has 3 rings (SSSR count). The Morgan fingerprint density at radius 2 is 2.32 bits per heavy atom. The maximum absolute atomic E-state index is 11.4. The number of aromatic carboxylic acids is 1. The molecule has 0 aliphatic carbocycles. The maximum Gasteiger partial charge on any atom is 0.338 e. The smallest absolute Gasteiger partial charge is 0.338 e. The number of aliphatic hydroxyl groups is 1. The van der Waals surface area contributed by atoms with E-state index >= 15 is 0 Å². The summed E-state index contributed by atoms with van der Waals surface area (Å²) < 4.78 is 5.68. The molecule has 0 bridgehead atoms. The Kier molecular flexibility index (Phi) is 2.71. The van der Waals surface area contributed by atoms with Gasteiger partial charge in [-0.05, 0) is 31.9 Å². The Hall–Kier alpha value is -2.01. The molecule has 1 unspecified atom stereocenters. The number of rotatable bonds is 2. The molecule has 19 heavy (non-hydrogen) atoms. The molecule has 1 atom stereocenters. The zero-order valence-electron chi connectivity index (χ0n) is 10.6. The third-order valence-electron chi connectivity index (χ3n) is 3.64. The molecule has 2 heterocycles. The van der Waals surface area contributed by atoms with Gasteiger partial charge in [0.25, 0.3) is 0 Å². The first kappa shape index (κ1) is 12.0. The molecule has 0 saturated heterocycles. The molecule has 1 aliphatic rings. The Morgan fingerprint density at radius 1 is 1.53 bits per heavy atom. The van der Waals surface area contributed by atoms with E-state index in [0.717, 1.165) is 22.9 Å². The van der Waals surface area contributed by atoms with Gasteiger partial charge in [0, 0.05) is 22.2 Å². The van der Waals surface area contributed by atoms with E-state index in [1.807, 2.05) is 12.1 Å². The van der Waals surface area contributed by atoms with Crippen LogP contribution in [0.3, 0.4) is 0 Å². The molecule has 1 aromatic heterocycles. The highest BCUT2D eigenvalue weighted by atomic mass is 16.5. The number of hydrogen-bond donors (Lipinski definition) is 3. The minimum atomic E-state index is -0.929. The largest absolute Gasteiger partial charge is 0.488 e. The number of aryl methyl sites for hydroxylation is 2. The van der Waals surface area contributed by atoms with Crippen molar-refractivity contribution in [2.24, 2.45) is 0 Å². The van der Waals surface area contributed by atoms with Crippen LogP contribution in [-0.2, 0) is 6.42 Å². The highest BCUT2D eigenvalue weighted by Crippen LogP contribution is 2.36. The van der Waals surface area contributed by atoms with Gasteiger partial charge in [0.2, 0.25) is 0 Å². The number of ether oxygens (including phenoxy) is 1. The summed E-state index contributed by atoms with van der Waals surface area (Å²) in [6, 6.07) is 3.66. The number of fused-ring (bicyclic) bond motifs is 3. The van der Waals surface area contributed by atoms with Crippen LogP contribution in [0, 0.1) is 6.92 Å². The fraction of sp³-hybridized carbons (Fsp3) is 0.357. The standard InChI is InChI=1S/C14H15NO4/c1-7-12(14(17)18)13-9-3-2-8(6-16)19-11(9)5-4-10(13)15-7/h4-5,8,15-16H,2-3,6H2,1H3,(H,17,18). The van der Waals surface area contributed by atoms with E-state index in [-0.39, 0.29) is 12.7 Å². The van der Waals surface area contributed by atoms with Crippen molar-refractivity contribution in [1.29, 1.82) is 0 Å². The zero-order valence-corrected chi connectivity index (χ0v) is 10.6. The third-order valence-corrected chi connectivity index (χ3v) is 3.64. The van der Waals surface area contributed by atoms with Crippen molar-refractivity contribution < 1.29 is 19.7 Å². The van der Waals surface area contributed by atoms with E-state index in [0.29, 0.717) is 23.4 Å². The monoisotopic (exact) mass is 261 g/mol. The summed E-state index contributed by atoms with van der Waals surface area (Å²) in [5.41, 5.74) is 2.71. The lowest BCUT2D eigenvalue weighted by Crippen LogP contribution is -2.26. The van der Waals surface area contributed by atoms with Gasteiger partial charge in [-0.25, -0.2) is 4.79 Å². The van der Waals surface area contributed by atoms with Crippen molar-refractivity contribution >= 4 is 16.9 Å². The molecule has 3 N–H and O–H groups in total. The van der Waals surface area contributed by atoms with Crippen molar-refractivity contribution in [2.75, 3.05) is 6.61 Å². The fourth-order valence-electron chi connectivity index (χ4n) is 2.77. The molecule has 0 saturated carbocycles. The minimum Gasteiger partial charge on any atom is -0.488 e. The van der Waals surface area contributed by atoms with Crippen molar-refractivity contribution in [3.8, 4) is 5.75 Å². The average molecular weight is 261 g/mol. The van der Waals surface area contributed by atoms with Crippen LogP contribution in [0.1, 0.15) is 28.0 Å². The van der Waals surface area contributed by atoms with Gasteiger partial charge < -0.3 is 19.9 Å². The molecule has 0 spiro atoms. The number of aromatic nitrogens is 1. The summed E-state index contributed by atoms with van der Waals surface area (Å²) in [7, 11) is 0. The zero-order chi connectivity index (χ0) is 13.6. The van der Waals surface area contributed by atoms with E-state index < -0.39 is 5.97 Å². The number of benzene rings is 1. The molecule has 5 nitrogen and oxygen atoms in total. The van der Waals surface area contributed by atoms with Gasteiger partial charge in [0.05, 0.1) is 12.2 Å². The maximum atomic E-state index is 11.4. The first-order valence-electron chi connectivity index (χ1n) is 6.26. The number of carboxylic acid groups (broad SMARTS) is 1.